The molecule has 2 aliphatic rings. The standard InChI is InChI=1S/C33H36ClF3N8O4Si/c1-18-20(10-39-33(41-18)44-14-19-9-23(19)31(44)47)13-43-15-21(11-40-43)45(17-49-7-8-50(2,3)4)32(48)29-26(16-46)38-12-25(42-29)27-22(30(36)37)5-6-24(34)28(27)35/h5-6,10-12,15,19,23,30,46H,7-9,13-14,16-17H2,1-4H3/t19-,23-/m1/s1. The van der Waals surface area contributed by atoms with Gasteiger partial charge in [0.1, 0.15) is 6.73 Å². The van der Waals surface area contributed by atoms with E-state index in [1.807, 2.05) is 6.92 Å². The fourth-order valence-corrected chi connectivity index (χ4v) is 6.63. The van der Waals surface area contributed by atoms with Crippen LogP contribution in [0.2, 0.25) is 30.7 Å². The number of halogens is 4. The van der Waals surface area contributed by atoms with Crippen LogP contribution in [0, 0.1) is 24.6 Å². The Kier molecular flexibility index (Phi) is 10.1. The molecule has 6 rings (SSSR count). The molecule has 0 bridgehead atoms. The van der Waals surface area contributed by atoms with Crippen molar-refractivity contribution in [1.82, 2.24) is 29.7 Å². The second kappa shape index (κ2) is 14.2. The van der Waals surface area contributed by atoms with E-state index >= 15 is 4.39 Å². The number of nitrogens with zero attached hydrogens (tertiary/aromatic N) is 8. The zero-order valence-corrected chi connectivity index (χ0v) is 29.7. The Morgan fingerprint density at radius 3 is 2.62 bits per heavy atom. The fourth-order valence-electron chi connectivity index (χ4n) is 5.72. The van der Waals surface area contributed by atoms with E-state index in [-0.39, 0.29) is 42.2 Å². The van der Waals surface area contributed by atoms with E-state index in [4.69, 9.17) is 16.3 Å². The maximum atomic E-state index is 15.2. The Morgan fingerprint density at radius 2 is 1.96 bits per heavy atom. The summed E-state index contributed by atoms with van der Waals surface area (Å²) in [5.74, 6) is -1.03. The van der Waals surface area contributed by atoms with Crippen molar-refractivity contribution in [2.24, 2.45) is 11.8 Å². The summed E-state index contributed by atoms with van der Waals surface area (Å²) in [6.45, 7) is 8.66. The minimum Gasteiger partial charge on any atom is -0.390 e. The SMILES string of the molecule is Cc1nc(N2C[C@H]3C[C@H]3C2=O)ncc1Cn1cc(N(COCC[Si](C)(C)C)C(=O)c2nc(-c3c(C(F)F)ccc(Cl)c3F)cnc2CO)cn1. The third-order valence-electron chi connectivity index (χ3n) is 8.78. The van der Waals surface area contributed by atoms with Crippen molar-refractivity contribution in [3.8, 4) is 11.3 Å². The number of anilines is 2. The molecule has 1 N–H and O–H groups in total. The van der Waals surface area contributed by atoms with Crippen molar-refractivity contribution in [1.29, 1.82) is 0 Å². The predicted octanol–water partition coefficient (Wildman–Crippen LogP) is 5.65. The van der Waals surface area contributed by atoms with Gasteiger partial charge in [-0.25, -0.2) is 28.1 Å². The molecule has 3 aromatic heterocycles. The number of benzene rings is 1. The summed E-state index contributed by atoms with van der Waals surface area (Å²) in [6, 6.07) is 2.81. The Morgan fingerprint density at radius 1 is 1.18 bits per heavy atom. The molecule has 1 aliphatic heterocycles. The van der Waals surface area contributed by atoms with Crippen molar-refractivity contribution in [3.05, 3.63) is 76.0 Å². The summed E-state index contributed by atoms with van der Waals surface area (Å²) < 4.78 is 50.5. The molecule has 0 radical (unpaired) electrons. The average molecular weight is 729 g/mol. The van der Waals surface area contributed by atoms with Gasteiger partial charge in [-0.3, -0.25) is 29.1 Å². The van der Waals surface area contributed by atoms with Gasteiger partial charge in [0.05, 0.1) is 47.6 Å². The molecule has 1 saturated heterocycles. The molecule has 1 aromatic carbocycles. The number of amides is 2. The van der Waals surface area contributed by atoms with Crippen molar-refractivity contribution >= 4 is 43.1 Å². The molecular weight excluding hydrogens is 693 g/mol. The lowest BCUT2D eigenvalue weighted by Gasteiger charge is -2.23. The van der Waals surface area contributed by atoms with Gasteiger partial charge >= 0.3 is 0 Å². The van der Waals surface area contributed by atoms with Gasteiger partial charge in [-0.15, -0.1) is 0 Å². The summed E-state index contributed by atoms with van der Waals surface area (Å²) >= 11 is 5.92. The van der Waals surface area contributed by atoms with Gasteiger partial charge in [-0.1, -0.05) is 37.3 Å². The largest absolute Gasteiger partial charge is 0.390 e. The van der Waals surface area contributed by atoms with Crippen LogP contribution in [0.15, 0.2) is 36.9 Å². The molecule has 2 atom stereocenters. The van der Waals surface area contributed by atoms with Crippen LogP contribution in [0.5, 0.6) is 0 Å². The first-order chi connectivity index (χ1) is 23.8. The van der Waals surface area contributed by atoms with Gasteiger partial charge in [0.25, 0.3) is 12.3 Å². The normalized spacial score (nSPS) is 17.1. The highest BCUT2D eigenvalue weighted by atomic mass is 35.5. The van der Waals surface area contributed by atoms with Crippen molar-refractivity contribution in [2.45, 2.75) is 58.6 Å². The number of aryl methyl sites for hydroxylation is 1. The first-order valence-electron chi connectivity index (χ1n) is 16.0. The monoisotopic (exact) mass is 728 g/mol. The molecule has 0 unspecified atom stereocenters. The molecule has 2 amide bonds. The van der Waals surface area contributed by atoms with Crippen molar-refractivity contribution < 1.29 is 32.6 Å². The lowest BCUT2D eigenvalue weighted by molar-refractivity contribution is -0.118. The van der Waals surface area contributed by atoms with Gasteiger partial charge in [0.2, 0.25) is 11.9 Å². The summed E-state index contributed by atoms with van der Waals surface area (Å²) in [5, 5.41) is 14.1. The van der Waals surface area contributed by atoms with Crippen LogP contribution in [0.25, 0.3) is 11.3 Å². The van der Waals surface area contributed by atoms with Crippen molar-refractivity contribution in [2.75, 3.05) is 29.7 Å². The molecule has 12 nitrogen and oxygen atoms in total. The van der Waals surface area contributed by atoms with Crippen LogP contribution in [-0.4, -0.2) is 74.6 Å². The van der Waals surface area contributed by atoms with Crippen LogP contribution in [0.3, 0.4) is 0 Å². The second-order valence-corrected chi connectivity index (χ2v) is 19.7. The van der Waals surface area contributed by atoms with E-state index < -0.39 is 49.0 Å². The maximum Gasteiger partial charge on any atom is 0.280 e. The van der Waals surface area contributed by atoms with E-state index in [2.05, 4.69) is 44.7 Å². The molecule has 1 aliphatic carbocycles. The number of alkyl halides is 2. The number of piperidine rings is 1. The summed E-state index contributed by atoms with van der Waals surface area (Å²) in [7, 11) is -1.49. The zero-order valence-electron chi connectivity index (χ0n) is 27.9. The van der Waals surface area contributed by atoms with Crippen molar-refractivity contribution in [3.63, 3.8) is 0 Å². The van der Waals surface area contributed by atoms with E-state index in [0.717, 1.165) is 36.4 Å². The molecule has 17 heteroatoms. The molecule has 2 fully saturated rings. The molecule has 264 valence electrons. The third kappa shape index (κ3) is 7.43. The highest BCUT2D eigenvalue weighted by Gasteiger charge is 2.53. The van der Waals surface area contributed by atoms with Crippen LogP contribution in [-0.2, 0) is 22.7 Å². The lowest BCUT2D eigenvalue weighted by Crippen LogP contribution is -2.35. The molecule has 50 heavy (non-hydrogen) atoms. The lowest BCUT2D eigenvalue weighted by atomic mass is 10.0. The minimum absolute atomic E-state index is 0.0578. The minimum atomic E-state index is -3.07. The van der Waals surface area contributed by atoms with E-state index in [1.54, 1.807) is 22.0 Å². The van der Waals surface area contributed by atoms with E-state index in [1.165, 1.54) is 11.1 Å². The molecular formula is C33H36ClF3N8O4Si. The van der Waals surface area contributed by atoms with Gasteiger partial charge in [0.15, 0.2) is 11.5 Å². The number of aliphatic hydroxyl groups is 1. The van der Waals surface area contributed by atoms with E-state index in [9.17, 15) is 23.5 Å². The van der Waals surface area contributed by atoms with Gasteiger partial charge in [-0.2, -0.15) is 5.10 Å². The fraction of sp³-hybridized carbons (Fsp3) is 0.424. The van der Waals surface area contributed by atoms with Gasteiger partial charge in [0, 0.05) is 61.9 Å². The average Bonchev–Trinajstić information content (AvgIpc) is 3.58. The van der Waals surface area contributed by atoms with Crippen LogP contribution in [0.1, 0.15) is 45.8 Å². The van der Waals surface area contributed by atoms with Crippen LogP contribution < -0.4 is 9.80 Å². The Labute approximate surface area is 292 Å². The number of carbonyl (C=O) groups is 2. The second-order valence-electron chi connectivity index (χ2n) is 13.6. The number of aliphatic hydroxyl groups excluding tert-OH is 1. The number of hydrogen-bond acceptors (Lipinski definition) is 9. The summed E-state index contributed by atoms with van der Waals surface area (Å²) in [5.41, 5.74) is -0.468. The van der Waals surface area contributed by atoms with Crippen LogP contribution >= 0.6 is 11.6 Å². The number of rotatable bonds is 13. The number of ether oxygens (including phenoxy) is 1. The summed E-state index contributed by atoms with van der Waals surface area (Å²) in [6.07, 6.45) is 3.56. The maximum absolute atomic E-state index is 15.2. The molecule has 4 aromatic rings. The summed E-state index contributed by atoms with van der Waals surface area (Å²) in [4.78, 5) is 46.9. The molecule has 4 heterocycles. The third-order valence-corrected chi connectivity index (χ3v) is 10.8. The highest BCUT2D eigenvalue weighted by Crippen LogP contribution is 2.46. The molecule has 1 saturated carbocycles. The first kappa shape index (κ1) is 35.6. The Hall–Kier alpha value is -4.25. The topological polar surface area (TPSA) is 139 Å². The Bertz CT molecular complexity index is 1940. The van der Waals surface area contributed by atoms with Crippen LogP contribution in [0.4, 0.5) is 24.8 Å². The highest BCUT2D eigenvalue weighted by molar-refractivity contribution is 6.76. The van der Waals surface area contributed by atoms with Gasteiger partial charge in [-0.05, 0) is 31.4 Å². The predicted molar refractivity (Wildman–Crippen MR) is 181 cm³/mol. The van der Waals surface area contributed by atoms with E-state index in [0.29, 0.717) is 36.4 Å². The number of carbonyl (C=O) groups excluding carboxylic acids is 2. The zero-order chi connectivity index (χ0) is 35.9. The van der Waals surface area contributed by atoms with Gasteiger partial charge < -0.3 is 9.84 Å². The number of aromatic nitrogens is 6. The molecule has 0 spiro atoms. The Balaban J connectivity index is 1.29. The smallest absolute Gasteiger partial charge is 0.280 e. The number of hydrogen-bond donors (Lipinski definition) is 1. The first-order valence-corrected chi connectivity index (χ1v) is 20.1. The number of fused-ring (bicyclic) bond motifs is 1. The quantitative estimate of drug-likeness (QED) is 0.105.